The highest BCUT2D eigenvalue weighted by molar-refractivity contribution is 7.07. The monoisotopic (exact) mass is 608 g/mol. The Morgan fingerprint density at radius 2 is 1.79 bits per heavy atom. The minimum atomic E-state index is -0.836. The van der Waals surface area contributed by atoms with Gasteiger partial charge >= 0.3 is 11.9 Å². The van der Waals surface area contributed by atoms with Gasteiger partial charge in [-0.15, -0.1) is 0 Å². The Morgan fingerprint density at radius 1 is 1.05 bits per heavy atom. The van der Waals surface area contributed by atoms with Gasteiger partial charge in [-0.2, -0.15) is 0 Å². The van der Waals surface area contributed by atoms with E-state index in [-0.39, 0.29) is 30.5 Å². The van der Waals surface area contributed by atoms with Crippen LogP contribution in [0.4, 0.5) is 0 Å². The van der Waals surface area contributed by atoms with E-state index in [9.17, 15) is 14.4 Å². The largest absolute Gasteiger partial charge is 0.491 e. The lowest BCUT2D eigenvalue weighted by Gasteiger charge is -2.25. The van der Waals surface area contributed by atoms with Gasteiger partial charge in [-0.05, 0) is 75.6 Å². The van der Waals surface area contributed by atoms with Crippen LogP contribution in [0.3, 0.4) is 0 Å². The zero-order valence-electron chi connectivity index (χ0n) is 25.2. The predicted octanol–water partition coefficient (Wildman–Crippen LogP) is 3.93. The summed E-state index contributed by atoms with van der Waals surface area (Å²) in [5.74, 6) is 0.321. The summed E-state index contributed by atoms with van der Waals surface area (Å²) in [4.78, 5) is 43.9. The summed E-state index contributed by atoms with van der Waals surface area (Å²) in [5, 5.41) is 0. The molecule has 1 aliphatic rings. The van der Waals surface area contributed by atoms with Crippen LogP contribution in [0.25, 0.3) is 6.08 Å². The van der Waals surface area contributed by atoms with Gasteiger partial charge in [0.25, 0.3) is 5.56 Å². The van der Waals surface area contributed by atoms with Crippen molar-refractivity contribution in [1.82, 2.24) is 4.57 Å². The van der Waals surface area contributed by atoms with Crippen molar-refractivity contribution in [2.45, 2.75) is 53.2 Å². The van der Waals surface area contributed by atoms with Crippen molar-refractivity contribution in [2.24, 2.45) is 4.99 Å². The summed E-state index contributed by atoms with van der Waals surface area (Å²) in [5.41, 5.74) is 1.81. The van der Waals surface area contributed by atoms with E-state index in [4.69, 9.17) is 18.9 Å². The number of nitrogens with zero attached hydrogens (tertiary/aromatic N) is 2. The molecule has 228 valence electrons. The Balaban J connectivity index is 1.82. The molecular weight excluding hydrogens is 572 g/mol. The molecule has 3 aromatic rings. The van der Waals surface area contributed by atoms with Crippen molar-refractivity contribution in [3.63, 3.8) is 0 Å². The highest BCUT2D eigenvalue weighted by atomic mass is 32.1. The summed E-state index contributed by atoms with van der Waals surface area (Å²) >= 11 is 1.24. The van der Waals surface area contributed by atoms with Crippen LogP contribution in [0.2, 0.25) is 0 Å². The molecule has 10 nitrogen and oxygen atoms in total. The number of carbonyl (C=O) groups excluding carboxylic acids is 2. The van der Waals surface area contributed by atoms with Gasteiger partial charge in [-0.1, -0.05) is 36.5 Å². The average Bonchev–Trinajstić information content (AvgIpc) is 3.30. The van der Waals surface area contributed by atoms with Gasteiger partial charge in [-0.3, -0.25) is 9.36 Å². The molecule has 2 heterocycles. The zero-order valence-corrected chi connectivity index (χ0v) is 26.0. The molecule has 0 fully saturated rings. The minimum absolute atomic E-state index is 0.100. The summed E-state index contributed by atoms with van der Waals surface area (Å²) in [6.45, 7) is 9.52. The van der Waals surface area contributed by atoms with Gasteiger partial charge in [0.1, 0.15) is 5.75 Å². The van der Waals surface area contributed by atoms with Gasteiger partial charge in [0.2, 0.25) is 0 Å². The highest BCUT2D eigenvalue weighted by Crippen LogP contribution is 2.36. The van der Waals surface area contributed by atoms with Crippen molar-refractivity contribution < 1.29 is 33.3 Å². The van der Waals surface area contributed by atoms with E-state index in [2.05, 4.69) is 16.7 Å². The molecule has 0 bridgehead atoms. The smallest absolute Gasteiger partial charge is 0.343 e. The standard InChI is InChI=1S/C32H36N2O8S/c1-7-19(4)42-23-13-10-21(11-14-23)16-26-30(36)34-29(28(31(37)40-9-3)20(5)33-32(34)43-26)22-12-15-24(25(17-22)39-8-2)41-18-27(35)38-6/h10-17,19,29H,7-9,18H2,1-6H3/b26-16-/t19-,29+/m0/s1. The predicted molar refractivity (Wildman–Crippen MR) is 162 cm³/mol. The molecule has 0 saturated carbocycles. The number of aromatic nitrogens is 1. The fraction of sp³-hybridized carbons (Fsp3) is 0.375. The van der Waals surface area contributed by atoms with Crippen LogP contribution in [0, 0.1) is 0 Å². The molecule has 0 aliphatic carbocycles. The van der Waals surface area contributed by atoms with E-state index < -0.39 is 18.0 Å². The topological polar surface area (TPSA) is 115 Å². The second-order valence-corrected chi connectivity index (χ2v) is 10.7. The zero-order chi connectivity index (χ0) is 31.1. The van der Waals surface area contributed by atoms with Crippen molar-refractivity contribution in [3.8, 4) is 17.2 Å². The number of thiazole rings is 1. The average molecular weight is 609 g/mol. The molecule has 2 atom stereocenters. The summed E-state index contributed by atoms with van der Waals surface area (Å²) < 4.78 is 29.3. The fourth-order valence-electron chi connectivity index (χ4n) is 4.49. The van der Waals surface area contributed by atoms with E-state index in [1.165, 1.54) is 23.0 Å². The van der Waals surface area contributed by atoms with Gasteiger partial charge in [-0.25, -0.2) is 14.6 Å². The van der Waals surface area contributed by atoms with E-state index in [0.717, 1.165) is 17.7 Å². The Labute approximate surface area is 253 Å². The number of esters is 2. The number of fused-ring (bicyclic) bond motifs is 1. The number of carbonyl (C=O) groups is 2. The third-order valence-electron chi connectivity index (χ3n) is 6.76. The number of rotatable bonds is 12. The molecule has 0 unspecified atom stereocenters. The van der Waals surface area contributed by atoms with Crippen molar-refractivity contribution in [2.75, 3.05) is 26.9 Å². The van der Waals surface area contributed by atoms with Crippen molar-refractivity contribution >= 4 is 29.4 Å². The Kier molecular flexibility index (Phi) is 10.4. The number of ether oxygens (including phenoxy) is 5. The van der Waals surface area contributed by atoms with Crippen LogP contribution in [-0.4, -0.2) is 49.5 Å². The Morgan fingerprint density at radius 3 is 2.44 bits per heavy atom. The second kappa shape index (κ2) is 14.2. The number of allylic oxidation sites excluding steroid dienone is 1. The second-order valence-electron chi connectivity index (χ2n) is 9.71. The summed E-state index contributed by atoms with van der Waals surface area (Å²) in [6.07, 6.45) is 2.79. The van der Waals surface area contributed by atoms with Crippen LogP contribution in [0.15, 0.2) is 63.5 Å². The molecule has 0 amide bonds. The maximum absolute atomic E-state index is 13.9. The molecular formula is C32H36N2O8S. The number of hydrogen-bond donors (Lipinski definition) is 0. The van der Waals surface area contributed by atoms with E-state index >= 15 is 0 Å². The molecule has 0 N–H and O–H groups in total. The molecule has 2 aromatic carbocycles. The Hall–Kier alpha value is -4.38. The highest BCUT2D eigenvalue weighted by Gasteiger charge is 2.34. The lowest BCUT2D eigenvalue weighted by Crippen LogP contribution is -2.40. The van der Waals surface area contributed by atoms with Gasteiger partial charge in [0.05, 0.1) is 48.3 Å². The van der Waals surface area contributed by atoms with E-state index in [1.54, 1.807) is 38.1 Å². The quantitative estimate of drug-likeness (QED) is 0.284. The molecule has 4 rings (SSSR count). The van der Waals surface area contributed by atoms with Crippen LogP contribution in [-0.2, 0) is 19.1 Å². The number of methoxy groups -OCH3 is 1. The van der Waals surface area contributed by atoms with Crippen molar-refractivity contribution in [3.05, 3.63) is 84.5 Å². The minimum Gasteiger partial charge on any atom is -0.491 e. The van der Waals surface area contributed by atoms with Gasteiger partial charge in [0, 0.05) is 0 Å². The molecule has 0 saturated heterocycles. The first-order valence-corrected chi connectivity index (χ1v) is 14.9. The first-order chi connectivity index (χ1) is 20.7. The van der Waals surface area contributed by atoms with Crippen LogP contribution < -0.4 is 29.1 Å². The van der Waals surface area contributed by atoms with Gasteiger partial charge < -0.3 is 23.7 Å². The molecule has 0 radical (unpaired) electrons. The maximum atomic E-state index is 13.9. The van der Waals surface area contributed by atoms with E-state index in [1.807, 2.05) is 38.1 Å². The summed E-state index contributed by atoms with van der Waals surface area (Å²) in [7, 11) is 1.28. The Bertz CT molecular complexity index is 1690. The lowest BCUT2D eigenvalue weighted by atomic mass is 9.95. The number of hydrogen-bond acceptors (Lipinski definition) is 10. The van der Waals surface area contributed by atoms with Gasteiger partial charge in [0.15, 0.2) is 22.9 Å². The SMILES string of the molecule is CCOC(=O)C1=C(C)N=c2s/c(=C\c3ccc(O[C@@H](C)CC)cc3)c(=O)n2[C@@H]1c1ccc(OCC(=O)OC)c(OCC)c1. The first-order valence-electron chi connectivity index (χ1n) is 14.1. The van der Waals surface area contributed by atoms with Crippen LogP contribution in [0.5, 0.6) is 17.2 Å². The first kappa shape index (κ1) is 31.6. The molecule has 43 heavy (non-hydrogen) atoms. The number of benzene rings is 2. The van der Waals surface area contributed by atoms with Crippen LogP contribution in [0.1, 0.15) is 58.2 Å². The molecule has 1 aliphatic heterocycles. The molecule has 11 heteroatoms. The normalized spacial score (nSPS) is 15.3. The van der Waals surface area contributed by atoms with E-state index in [0.29, 0.717) is 38.7 Å². The van der Waals surface area contributed by atoms with Crippen molar-refractivity contribution in [1.29, 1.82) is 0 Å². The third kappa shape index (κ3) is 7.16. The third-order valence-corrected chi connectivity index (χ3v) is 7.75. The molecule has 0 spiro atoms. The lowest BCUT2D eigenvalue weighted by molar-refractivity contribution is -0.143. The van der Waals surface area contributed by atoms with Crippen LogP contribution >= 0.6 is 11.3 Å². The fourth-order valence-corrected chi connectivity index (χ4v) is 5.54. The molecule has 1 aromatic heterocycles. The maximum Gasteiger partial charge on any atom is 0.343 e. The summed E-state index contributed by atoms with van der Waals surface area (Å²) in [6, 6.07) is 11.8.